The third-order valence-corrected chi connectivity index (χ3v) is 3.76. The molecule has 2 rings (SSSR count). The molecule has 2 aromatic heterocycles. The van der Waals surface area contributed by atoms with E-state index < -0.39 is 0 Å². The second kappa shape index (κ2) is 5.96. The number of fused-ring (bicyclic) bond motifs is 1. The topological polar surface area (TPSA) is 17.8 Å². The molecule has 0 bridgehead atoms. The molecule has 0 aliphatic rings. The predicted octanol–water partition coefficient (Wildman–Crippen LogP) is 4.87. The Labute approximate surface area is 111 Å². The highest BCUT2D eigenvalue weighted by atomic mass is 127. The second-order valence-corrected chi connectivity index (χ2v) is 4.88. The summed E-state index contributed by atoms with van der Waals surface area (Å²) >= 11 is 8.09. The lowest BCUT2D eigenvalue weighted by Gasteiger charge is -1.95. The molecule has 0 aliphatic carbocycles. The van der Waals surface area contributed by atoms with E-state index in [1.54, 1.807) is 15.3 Å². The monoisotopic (exact) mass is 354 g/mol. The largest absolute Gasteiger partial charge is 0.266 e. The number of hydrogen-bond donors (Lipinski definition) is 0. The van der Waals surface area contributed by atoms with Gasteiger partial charge in [0, 0.05) is 48.1 Å². The summed E-state index contributed by atoms with van der Waals surface area (Å²) in [6.07, 6.45) is 3.73. The molecule has 0 saturated carbocycles. The first-order valence-corrected chi connectivity index (χ1v) is 8.34. The third-order valence-electron chi connectivity index (χ3n) is 1.85. The number of nitrogens with zero attached hydrogens (tertiary/aromatic N) is 2. The average molecular weight is 355 g/mol. The van der Waals surface area contributed by atoms with Crippen LogP contribution in [0.1, 0.15) is 19.4 Å². The zero-order valence-electron chi connectivity index (χ0n) is 8.79. The van der Waals surface area contributed by atoms with Crippen LogP contribution in [0, 0.1) is 6.92 Å². The van der Waals surface area contributed by atoms with Crippen molar-refractivity contribution < 1.29 is 0 Å². The average Bonchev–Trinajstić information content (AvgIpc) is 2.58. The molecule has 0 aromatic carbocycles. The van der Waals surface area contributed by atoms with Gasteiger partial charge in [-0.15, -0.1) is 0 Å². The van der Waals surface area contributed by atoms with E-state index >= 15 is 0 Å². The van der Waals surface area contributed by atoms with E-state index in [1.165, 1.54) is 5.56 Å². The Morgan fingerprint density at radius 1 is 1.47 bits per heavy atom. The minimum atomic E-state index is 0.687. The van der Waals surface area contributed by atoms with Crippen LogP contribution in [-0.2, 0) is 0 Å². The van der Waals surface area contributed by atoms with Gasteiger partial charge in [0.2, 0.25) is 0 Å². The maximum atomic E-state index is 5.86. The van der Waals surface area contributed by atoms with Crippen molar-refractivity contribution in [1.29, 1.82) is 0 Å². The Kier molecular flexibility index (Phi) is 5.22. The van der Waals surface area contributed by atoms with E-state index in [4.69, 9.17) is 11.6 Å². The van der Waals surface area contributed by atoms with Gasteiger partial charge in [-0.3, -0.25) is 3.97 Å². The molecule has 0 unspecified atom stereocenters. The quantitative estimate of drug-likeness (QED) is 0.680. The second-order valence-electron chi connectivity index (χ2n) is 2.73. The summed E-state index contributed by atoms with van der Waals surface area (Å²) in [6.45, 7) is 6.06. The Bertz CT molecular complexity index is 456. The van der Waals surface area contributed by atoms with Crippen molar-refractivity contribution in [2.45, 2.75) is 20.8 Å². The summed E-state index contributed by atoms with van der Waals surface area (Å²) in [5, 5.41) is 1.81. The van der Waals surface area contributed by atoms with Gasteiger partial charge in [-0.1, -0.05) is 25.4 Å². The highest BCUT2D eigenvalue weighted by Gasteiger charge is 2.06. The Hall–Kier alpha value is 0.0600. The lowest BCUT2D eigenvalue weighted by molar-refractivity contribution is 1.26. The van der Waals surface area contributed by atoms with Gasteiger partial charge in [-0.05, 0) is 18.6 Å². The van der Waals surface area contributed by atoms with Gasteiger partial charge in [0.1, 0.15) is 0 Å². The van der Waals surface area contributed by atoms with E-state index in [1.807, 2.05) is 23.9 Å². The van der Waals surface area contributed by atoms with Gasteiger partial charge in [0.05, 0.1) is 5.02 Å². The molecule has 0 aliphatic heterocycles. The van der Waals surface area contributed by atoms with Crippen molar-refractivity contribution in [2.24, 2.45) is 0 Å². The fourth-order valence-corrected chi connectivity index (χ4v) is 2.72. The van der Waals surface area contributed by atoms with E-state index in [0.29, 0.717) is 5.02 Å². The molecule has 2 nitrogen and oxygen atoms in total. The van der Waals surface area contributed by atoms with Gasteiger partial charge in [-0.25, -0.2) is 4.98 Å². The van der Waals surface area contributed by atoms with E-state index in [2.05, 4.69) is 39.3 Å². The molecule has 82 valence electrons. The van der Waals surface area contributed by atoms with Crippen molar-refractivity contribution in [3.05, 3.63) is 29.0 Å². The van der Waals surface area contributed by atoms with Gasteiger partial charge in [0.15, 0.2) is 5.65 Å². The Morgan fingerprint density at radius 3 is 2.73 bits per heavy atom. The highest BCUT2D eigenvalue weighted by Crippen LogP contribution is 2.27. The molecule has 0 radical (unpaired) electrons. The van der Waals surface area contributed by atoms with Gasteiger partial charge in [0.25, 0.3) is 0 Å². The molecule has 0 saturated heterocycles. The van der Waals surface area contributed by atoms with Crippen LogP contribution in [0.25, 0.3) is 11.0 Å². The van der Waals surface area contributed by atoms with Crippen LogP contribution in [0.15, 0.2) is 18.5 Å². The minimum Gasteiger partial charge on any atom is -0.266 e. The van der Waals surface area contributed by atoms with Crippen LogP contribution in [0.4, 0.5) is 0 Å². The first-order valence-electron chi connectivity index (χ1n) is 4.64. The number of pyridine rings is 1. The maximum Gasteiger partial charge on any atom is 0.150 e. The lowest BCUT2D eigenvalue weighted by atomic mass is 10.2. The summed E-state index contributed by atoms with van der Waals surface area (Å²) < 4.78 is 2.03. The number of aryl methyl sites for hydroxylation is 1. The molecule has 0 fully saturated rings. The van der Waals surface area contributed by atoms with Crippen molar-refractivity contribution in [3.8, 4) is 0 Å². The number of rotatable bonds is 1. The van der Waals surface area contributed by atoms with Crippen LogP contribution < -0.4 is 0 Å². The number of aromatic nitrogens is 2. The van der Waals surface area contributed by atoms with Crippen LogP contribution in [0.2, 0.25) is 5.02 Å². The summed E-state index contributed by atoms with van der Waals surface area (Å²) in [5.74, 6) is 0. The molecule has 2 aromatic rings. The Balaban J connectivity index is 0.000000531. The Morgan fingerprint density at radius 2 is 2.13 bits per heavy atom. The van der Waals surface area contributed by atoms with Gasteiger partial charge >= 0.3 is 0 Å². The SMILES string of the molecule is CC.Cc1cn(SI)c2ncc(Cl)cc12. The van der Waals surface area contributed by atoms with Crippen LogP contribution >= 0.6 is 41.9 Å². The third kappa shape index (κ3) is 2.79. The van der Waals surface area contributed by atoms with Crippen LogP contribution in [-0.4, -0.2) is 8.96 Å². The normalized spacial score (nSPS) is 9.93. The van der Waals surface area contributed by atoms with Crippen molar-refractivity contribution in [1.82, 2.24) is 8.96 Å². The molecule has 0 amide bonds. The van der Waals surface area contributed by atoms with E-state index in [9.17, 15) is 0 Å². The molecule has 0 atom stereocenters. The first kappa shape index (κ1) is 13.1. The van der Waals surface area contributed by atoms with Crippen molar-refractivity contribution in [2.75, 3.05) is 0 Å². The molecule has 0 spiro atoms. The molecule has 5 heteroatoms. The zero-order chi connectivity index (χ0) is 11.4. The predicted molar refractivity (Wildman–Crippen MR) is 77.8 cm³/mol. The first-order chi connectivity index (χ1) is 7.22. The van der Waals surface area contributed by atoms with Crippen molar-refractivity contribution in [3.63, 3.8) is 0 Å². The molecular formula is C10H12ClIN2S. The minimum absolute atomic E-state index is 0.687. The highest BCUT2D eigenvalue weighted by molar-refractivity contribution is 14.2. The fraction of sp³-hybridized carbons (Fsp3) is 0.300. The van der Waals surface area contributed by atoms with Gasteiger partial charge in [-0.2, -0.15) is 0 Å². The standard InChI is InChI=1S/C8H6ClIN2S.C2H6/c1-5-4-12(13-10)8-7(5)2-6(9)3-11-8;1-2/h2-4H,1H3;1-2H3. The number of hydrogen-bond acceptors (Lipinski definition) is 2. The van der Waals surface area contributed by atoms with E-state index in [0.717, 1.165) is 11.0 Å². The fourth-order valence-electron chi connectivity index (χ4n) is 1.26. The summed E-state index contributed by atoms with van der Waals surface area (Å²) in [6, 6.07) is 1.95. The summed E-state index contributed by atoms with van der Waals surface area (Å²) in [7, 11) is 1.61. The van der Waals surface area contributed by atoms with Crippen LogP contribution in [0.3, 0.4) is 0 Å². The molecule has 0 N–H and O–H groups in total. The maximum absolute atomic E-state index is 5.86. The zero-order valence-corrected chi connectivity index (χ0v) is 12.5. The van der Waals surface area contributed by atoms with E-state index in [-0.39, 0.29) is 0 Å². The molecular weight excluding hydrogens is 343 g/mol. The molecule has 15 heavy (non-hydrogen) atoms. The van der Waals surface area contributed by atoms with Crippen LogP contribution in [0.5, 0.6) is 0 Å². The van der Waals surface area contributed by atoms with Gasteiger partial charge < -0.3 is 0 Å². The summed E-state index contributed by atoms with van der Waals surface area (Å²) in [5.41, 5.74) is 2.18. The lowest BCUT2D eigenvalue weighted by Crippen LogP contribution is -1.82. The molecule has 2 heterocycles. The summed E-state index contributed by atoms with van der Waals surface area (Å²) in [4.78, 5) is 4.28. The van der Waals surface area contributed by atoms with Crippen molar-refractivity contribution >= 4 is 53.0 Å². The number of halogens is 2. The smallest absolute Gasteiger partial charge is 0.150 e.